The molecule has 1 atom stereocenters. The molecule has 0 aromatic heterocycles. The molecule has 2 N–H and O–H groups in total. The number of alkyl halides is 3. The molecule has 4 nitrogen and oxygen atoms in total. The van der Waals surface area contributed by atoms with Gasteiger partial charge in [0.1, 0.15) is 11.9 Å². The number of ether oxygens (including phenoxy) is 1. The minimum Gasteiger partial charge on any atom is -0.497 e. The first-order chi connectivity index (χ1) is 11.3. The maximum Gasteiger partial charge on any atom is 0.252 e. The van der Waals surface area contributed by atoms with Crippen LogP contribution in [0.3, 0.4) is 0 Å². The molecule has 128 valence electrons. The number of rotatable bonds is 5. The number of nitrogens with one attached hydrogen (secondary N) is 2. The highest BCUT2D eigenvalue weighted by Crippen LogP contribution is 2.31. The zero-order valence-electron chi connectivity index (χ0n) is 12.5. The second kappa shape index (κ2) is 8.17. The average molecular weight is 408 g/mol. The third kappa shape index (κ3) is 5.35. The monoisotopic (exact) mass is 406 g/mol. The first-order valence-corrected chi connectivity index (χ1v) is 8.34. The lowest BCUT2D eigenvalue weighted by Gasteiger charge is -2.27. The van der Waals surface area contributed by atoms with Gasteiger partial charge in [0, 0.05) is 16.3 Å². The maximum atomic E-state index is 12.3. The molecular weight excluding hydrogens is 394 g/mol. The van der Waals surface area contributed by atoms with Gasteiger partial charge in [0.25, 0.3) is 5.91 Å². The number of hydrogen-bond donors (Lipinski definition) is 2. The molecule has 0 saturated heterocycles. The number of carbonyl (C=O) groups excluding carboxylic acids is 1. The summed E-state index contributed by atoms with van der Waals surface area (Å²) in [5.74, 6) is 0.292. The fourth-order valence-corrected chi connectivity index (χ4v) is 2.32. The van der Waals surface area contributed by atoms with Crippen LogP contribution in [0, 0.1) is 0 Å². The second-order valence-electron chi connectivity index (χ2n) is 4.83. The van der Waals surface area contributed by atoms with Crippen LogP contribution >= 0.6 is 46.4 Å². The summed E-state index contributed by atoms with van der Waals surface area (Å²) >= 11 is 23.7. The zero-order valence-corrected chi connectivity index (χ0v) is 15.5. The van der Waals surface area contributed by atoms with Crippen molar-refractivity contribution >= 4 is 58.0 Å². The van der Waals surface area contributed by atoms with Crippen molar-refractivity contribution in [2.45, 2.75) is 9.96 Å². The first-order valence-electron chi connectivity index (χ1n) is 6.83. The molecule has 0 fully saturated rings. The summed E-state index contributed by atoms with van der Waals surface area (Å²) in [5, 5.41) is 6.15. The number of hydrogen-bond acceptors (Lipinski definition) is 3. The van der Waals surface area contributed by atoms with Gasteiger partial charge in [-0.2, -0.15) is 0 Å². The topological polar surface area (TPSA) is 50.4 Å². The van der Waals surface area contributed by atoms with Gasteiger partial charge in [-0.25, -0.2) is 0 Å². The van der Waals surface area contributed by atoms with E-state index < -0.39 is 15.9 Å². The van der Waals surface area contributed by atoms with Gasteiger partial charge in [-0.1, -0.05) is 46.4 Å². The summed E-state index contributed by atoms with van der Waals surface area (Å²) in [6.07, 6.45) is -0.945. The molecule has 0 aliphatic carbocycles. The molecule has 0 aliphatic heterocycles. The Bertz CT molecular complexity index is 685. The van der Waals surface area contributed by atoms with Crippen LogP contribution in [0.25, 0.3) is 0 Å². The molecule has 0 unspecified atom stereocenters. The van der Waals surface area contributed by atoms with E-state index in [9.17, 15) is 4.79 Å². The van der Waals surface area contributed by atoms with Crippen LogP contribution in [0.2, 0.25) is 5.02 Å². The van der Waals surface area contributed by atoms with Crippen molar-refractivity contribution < 1.29 is 9.53 Å². The van der Waals surface area contributed by atoms with E-state index in [1.165, 1.54) is 0 Å². The van der Waals surface area contributed by atoms with E-state index in [0.717, 1.165) is 0 Å². The van der Waals surface area contributed by atoms with E-state index in [2.05, 4.69) is 10.6 Å². The maximum absolute atomic E-state index is 12.3. The Balaban J connectivity index is 2.13. The van der Waals surface area contributed by atoms with Crippen molar-refractivity contribution in [3.63, 3.8) is 0 Å². The fraction of sp³-hybridized carbons (Fsp3) is 0.188. The van der Waals surface area contributed by atoms with Gasteiger partial charge in [-0.15, -0.1) is 0 Å². The number of benzene rings is 2. The van der Waals surface area contributed by atoms with Crippen molar-refractivity contribution in [1.82, 2.24) is 5.32 Å². The molecular formula is C16H14Cl4N2O2. The van der Waals surface area contributed by atoms with Gasteiger partial charge in [0.05, 0.1) is 7.11 Å². The van der Waals surface area contributed by atoms with Gasteiger partial charge in [0.2, 0.25) is 3.79 Å². The molecule has 0 radical (unpaired) electrons. The quantitative estimate of drug-likeness (QED) is 0.548. The molecule has 2 rings (SSSR count). The van der Waals surface area contributed by atoms with Crippen molar-refractivity contribution in [3.05, 3.63) is 59.1 Å². The summed E-state index contributed by atoms with van der Waals surface area (Å²) in [4.78, 5) is 12.3. The number of anilines is 1. The Kier molecular flexibility index (Phi) is 6.47. The van der Waals surface area contributed by atoms with E-state index >= 15 is 0 Å². The number of methoxy groups -OCH3 is 1. The highest BCUT2D eigenvalue weighted by atomic mass is 35.6. The predicted octanol–water partition coefficient (Wildman–Crippen LogP) is 4.89. The normalized spacial score (nSPS) is 12.4. The van der Waals surface area contributed by atoms with Crippen LogP contribution in [0.15, 0.2) is 48.5 Å². The van der Waals surface area contributed by atoms with Crippen LogP contribution in [0.1, 0.15) is 10.4 Å². The van der Waals surface area contributed by atoms with Crippen molar-refractivity contribution in [1.29, 1.82) is 0 Å². The van der Waals surface area contributed by atoms with Crippen molar-refractivity contribution in [2.24, 2.45) is 0 Å². The van der Waals surface area contributed by atoms with E-state index in [0.29, 0.717) is 22.0 Å². The Hall–Kier alpha value is -1.33. The Morgan fingerprint density at radius 3 is 2.12 bits per heavy atom. The molecule has 24 heavy (non-hydrogen) atoms. The lowest BCUT2D eigenvalue weighted by Crippen LogP contribution is -2.49. The summed E-state index contributed by atoms with van der Waals surface area (Å²) < 4.78 is 3.33. The number of carbonyl (C=O) groups is 1. The molecule has 0 bridgehead atoms. The lowest BCUT2D eigenvalue weighted by atomic mass is 10.2. The Morgan fingerprint density at radius 1 is 1.04 bits per heavy atom. The van der Waals surface area contributed by atoms with Crippen LogP contribution in [-0.4, -0.2) is 23.0 Å². The van der Waals surface area contributed by atoms with Crippen molar-refractivity contribution in [3.8, 4) is 5.75 Å². The molecule has 1 amide bonds. The van der Waals surface area contributed by atoms with Gasteiger partial charge >= 0.3 is 0 Å². The number of amides is 1. The average Bonchev–Trinajstić information content (AvgIpc) is 2.54. The van der Waals surface area contributed by atoms with E-state index in [1.54, 1.807) is 55.6 Å². The van der Waals surface area contributed by atoms with Gasteiger partial charge < -0.3 is 15.4 Å². The van der Waals surface area contributed by atoms with Crippen LogP contribution < -0.4 is 15.4 Å². The van der Waals surface area contributed by atoms with Crippen LogP contribution in [0.4, 0.5) is 5.69 Å². The molecule has 8 heteroatoms. The molecule has 2 aromatic carbocycles. The third-order valence-corrected chi connectivity index (χ3v) is 4.02. The molecule has 0 spiro atoms. The van der Waals surface area contributed by atoms with E-state index in [1.807, 2.05) is 0 Å². The summed E-state index contributed by atoms with van der Waals surface area (Å²) in [6, 6.07) is 13.4. The number of halogens is 4. The van der Waals surface area contributed by atoms with E-state index in [-0.39, 0.29) is 0 Å². The second-order valence-corrected chi connectivity index (χ2v) is 7.63. The highest BCUT2D eigenvalue weighted by Gasteiger charge is 2.34. The summed E-state index contributed by atoms with van der Waals surface area (Å²) in [7, 11) is 1.57. The standard InChI is InChI=1S/C16H14Cl4N2O2/c1-24-13-8-6-12(7-9-13)21-15(16(18,19)20)22-14(23)10-2-4-11(17)5-3-10/h2-9,15,21H,1H3,(H,22,23)/t15-/m1/s1. The summed E-state index contributed by atoms with van der Waals surface area (Å²) in [6.45, 7) is 0. The van der Waals surface area contributed by atoms with Crippen LogP contribution in [0.5, 0.6) is 5.75 Å². The predicted molar refractivity (Wildman–Crippen MR) is 99.6 cm³/mol. The lowest BCUT2D eigenvalue weighted by molar-refractivity contribution is 0.0942. The SMILES string of the molecule is COc1ccc(N[C@H](NC(=O)c2ccc(Cl)cc2)C(Cl)(Cl)Cl)cc1. The molecule has 2 aromatic rings. The minimum absolute atomic E-state index is 0.398. The first kappa shape index (κ1) is 19.0. The minimum atomic E-state index is -1.76. The van der Waals surface area contributed by atoms with E-state index in [4.69, 9.17) is 51.1 Å². The zero-order chi connectivity index (χ0) is 17.7. The fourth-order valence-electron chi connectivity index (χ4n) is 1.87. The Morgan fingerprint density at radius 2 is 1.62 bits per heavy atom. The van der Waals surface area contributed by atoms with Crippen LogP contribution in [-0.2, 0) is 0 Å². The molecule has 0 aliphatic rings. The van der Waals surface area contributed by atoms with Crippen molar-refractivity contribution in [2.75, 3.05) is 12.4 Å². The smallest absolute Gasteiger partial charge is 0.252 e. The van der Waals surface area contributed by atoms with Gasteiger partial charge in [0.15, 0.2) is 0 Å². The molecule has 0 heterocycles. The van der Waals surface area contributed by atoms with Gasteiger partial charge in [-0.05, 0) is 48.5 Å². The van der Waals surface area contributed by atoms with Gasteiger partial charge in [-0.3, -0.25) is 4.79 Å². The Labute approximate surface area is 160 Å². The molecule has 0 saturated carbocycles. The highest BCUT2D eigenvalue weighted by molar-refractivity contribution is 6.68. The largest absolute Gasteiger partial charge is 0.497 e. The third-order valence-electron chi connectivity index (χ3n) is 3.11. The summed E-state index contributed by atoms with van der Waals surface area (Å²) in [5.41, 5.74) is 1.05.